The quantitative estimate of drug-likeness (QED) is 0.543. The minimum absolute atomic E-state index is 0.120. The summed E-state index contributed by atoms with van der Waals surface area (Å²) in [5.41, 5.74) is 0.755. The van der Waals surface area contributed by atoms with E-state index in [-0.39, 0.29) is 5.83 Å². The van der Waals surface area contributed by atoms with Crippen LogP contribution >= 0.6 is 0 Å². The number of hydrogen-bond acceptors (Lipinski definition) is 0. The molecule has 1 heteroatoms. The summed E-state index contributed by atoms with van der Waals surface area (Å²) in [5, 5.41) is 0. The van der Waals surface area contributed by atoms with Gasteiger partial charge in [0.05, 0.1) is 0 Å². The number of allylic oxidation sites excluding steroid dienone is 6. The molecule has 0 N–H and O–H groups in total. The second-order valence-corrected chi connectivity index (χ2v) is 2.21. The summed E-state index contributed by atoms with van der Waals surface area (Å²) in [4.78, 5) is 0. The molecule has 0 radical (unpaired) electrons. The van der Waals surface area contributed by atoms with E-state index in [0.29, 0.717) is 0 Å². The standard InChI is InChI=1S/C10H15F/c1-4-7-8-9(5-2)10(11)6-3/h4,6-8H,5H2,1-3H3. The molecule has 0 fully saturated rings. The fraction of sp³-hybridized carbons (Fsp3) is 0.400. The summed E-state index contributed by atoms with van der Waals surface area (Å²) < 4.78 is 12.9. The highest BCUT2D eigenvalue weighted by atomic mass is 19.1. The van der Waals surface area contributed by atoms with E-state index in [2.05, 4.69) is 0 Å². The topological polar surface area (TPSA) is 0 Å². The van der Waals surface area contributed by atoms with Gasteiger partial charge in [0.25, 0.3) is 0 Å². The first-order valence-corrected chi connectivity index (χ1v) is 3.90. The number of rotatable bonds is 3. The average Bonchev–Trinajstić information content (AvgIpc) is 2.05. The molecular formula is C10H15F. The lowest BCUT2D eigenvalue weighted by Crippen LogP contribution is -1.79. The Labute approximate surface area is 68.1 Å². The fourth-order valence-corrected chi connectivity index (χ4v) is 0.764. The van der Waals surface area contributed by atoms with Crippen molar-refractivity contribution >= 4 is 0 Å². The van der Waals surface area contributed by atoms with Crippen molar-refractivity contribution in [1.82, 2.24) is 0 Å². The summed E-state index contributed by atoms with van der Waals surface area (Å²) in [7, 11) is 0. The van der Waals surface area contributed by atoms with Crippen LogP contribution in [0.2, 0.25) is 0 Å². The molecule has 0 aromatic rings. The highest BCUT2D eigenvalue weighted by Gasteiger charge is 1.97. The molecule has 11 heavy (non-hydrogen) atoms. The Morgan fingerprint density at radius 2 is 2.00 bits per heavy atom. The van der Waals surface area contributed by atoms with Crippen LogP contribution in [0.5, 0.6) is 0 Å². The summed E-state index contributed by atoms with van der Waals surface area (Å²) in [6.07, 6.45) is 7.76. The third-order valence-corrected chi connectivity index (χ3v) is 1.43. The molecule has 0 spiro atoms. The molecule has 0 aliphatic heterocycles. The minimum atomic E-state index is -0.120. The molecule has 0 rings (SSSR count). The van der Waals surface area contributed by atoms with Crippen LogP contribution in [0.4, 0.5) is 4.39 Å². The molecule has 0 aromatic heterocycles. The van der Waals surface area contributed by atoms with Gasteiger partial charge in [-0.2, -0.15) is 0 Å². The molecule has 0 saturated carbocycles. The lowest BCUT2D eigenvalue weighted by molar-refractivity contribution is 0.641. The van der Waals surface area contributed by atoms with Crippen LogP contribution in [0.15, 0.2) is 35.7 Å². The van der Waals surface area contributed by atoms with Crippen molar-refractivity contribution in [2.45, 2.75) is 27.2 Å². The van der Waals surface area contributed by atoms with Crippen LogP contribution < -0.4 is 0 Å². The van der Waals surface area contributed by atoms with E-state index in [0.717, 1.165) is 12.0 Å². The molecule has 0 aliphatic rings. The molecule has 0 amide bonds. The van der Waals surface area contributed by atoms with Crippen LogP contribution in [0.1, 0.15) is 27.2 Å². The average molecular weight is 154 g/mol. The molecule has 0 nitrogen and oxygen atoms in total. The third kappa shape index (κ3) is 3.76. The monoisotopic (exact) mass is 154 g/mol. The Bertz CT molecular complexity index is 185. The van der Waals surface area contributed by atoms with Gasteiger partial charge in [-0.15, -0.1) is 0 Å². The van der Waals surface area contributed by atoms with Gasteiger partial charge < -0.3 is 0 Å². The van der Waals surface area contributed by atoms with E-state index < -0.39 is 0 Å². The van der Waals surface area contributed by atoms with Gasteiger partial charge in [0, 0.05) is 0 Å². The molecule has 0 saturated heterocycles. The van der Waals surface area contributed by atoms with Gasteiger partial charge in [-0.25, -0.2) is 4.39 Å². The normalized spacial score (nSPS) is 14.5. The molecule has 62 valence electrons. The van der Waals surface area contributed by atoms with E-state index in [9.17, 15) is 4.39 Å². The second kappa shape index (κ2) is 5.90. The maximum Gasteiger partial charge on any atom is 0.122 e. The highest BCUT2D eigenvalue weighted by molar-refractivity contribution is 5.28. The minimum Gasteiger partial charge on any atom is -0.207 e. The Hall–Kier alpha value is -0.850. The summed E-state index contributed by atoms with van der Waals surface area (Å²) in [6, 6.07) is 0. The van der Waals surface area contributed by atoms with Gasteiger partial charge in [0.1, 0.15) is 5.83 Å². The van der Waals surface area contributed by atoms with Crippen molar-refractivity contribution < 1.29 is 4.39 Å². The Morgan fingerprint density at radius 1 is 1.36 bits per heavy atom. The predicted molar refractivity (Wildman–Crippen MR) is 48.1 cm³/mol. The Morgan fingerprint density at radius 3 is 2.36 bits per heavy atom. The van der Waals surface area contributed by atoms with Gasteiger partial charge in [0.15, 0.2) is 0 Å². The lowest BCUT2D eigenvalue weighted by atomic mass is 10.1. The fourth-order valence-electron chi connectivity index (χ4n) is 0.764. The van der Waals surface area contributed by atoms with E-state index in [1.54, 1.807) is 13.0 Å². The molecular weight excluding hydrogens is 139 g/mol. The van der Waals surface area contributed by atoms with Crippen LogP contribution in [-0.2, 0) is 0 Å². The molecule has 0 heterocycles. The van der Waals surface area contributed by atoms with E-state index >= 15 is 0 Å². The van der Waals surface area contributed by atoms with Crippen LogP contribution in [0.25, 0.3) is 0 Å². The van der Waals surface area contributed by atoms with Crippen LogP contribution in [0, 0.1) is 0 Å². The molecule has 0 atom stereocenters. The maximum absolute atomic E-state index is 12.9. The van der Waals surface area contributed by atoms with Gasteiger partial charge in [-0.05, 0) is 25.8 Å². The van der Waals surface area contributed by atoms with Crippen molar-refractivity contribution in [1.29, 1.82) is 0 Å². The molecule has 0 unspecified atom stereocenters. The van der Waals surface area contributed by atoms with Gasteiger partial charge in [0.2, 0.25) is 0 Å². The summed E-state index contributed by atoms with van der Waals surface area (Å²) in [5.74, 6) is -0.120. The first-order valence-electron chi connectivity index (χ1n) is 3.90. The lowest BCUT2D eigenvalue weighted by Gasteiger charge is -1.97. The van der Waals surface area contributed by atoms with E-state index in [1.807, 2.05) is 26.0 Å². The van der Waals surface area contributed by atoms with Gasteiger partial charge in [-0.1, -0.05) is 31.2 Å². The summed E-state index contributed by atoms with van der Waals surface area (Å²) >= 11 is 0. The van der Waals surface area contributed by atoms with Crippen molar-refractivity contribution in [3.05, 3.63) is 35.7 Å². The largest absolute Gasteiger partial charge is 0.207 e. The smallest absolute Gasteiger partial charge is 0.122 e. The first-order chi connectivity index (χ1) is 5.26. The molecule has 0 aliphatic carbocycles. The van der Waals surface area contributed by atoms with Crippen molar-refractivity contribution in [2.24, 2.45) is 0 Å². The second-order valence-electron chi connectivity index (χ2n) is 2.21. The van der Waals surface area contributed by atoms with Crippen LogP contribution in [-0.4, -0.2) is 0 Å². The first kappa shape index (κ1) is 10.2. The van der Waals surface area contributed by atoms with Crippen molar-refractivity contribution in [3.63, 3.8) is 0 Å². The highest BCUT2D eigenvalue weighted by Crippen LogP contribution is 2.14. The molecule has 0 aromatic carbocycles. The maximum atomic E-state index is 12.9. The summed E-state index contributed by atoms with van der Waals surface area (Å²) in [6.45, 7) is 5.56. The zero-order valence-electron chi connectivity index (χ0n) is 7.39. The Balaban J connectivity index is 4.39. The van der Waals surface area contributed by atoms with Gasteiger partial charge >= 0.3 is 0 Å². The number of hydrogen-bond donors (Lipinski definition) is 0. The zero-order chi connectivity index (χ0) is 8.69. The van der Waals surface area contributed by atoms with E-state index in [4.69, 9.17) is 0 Å². The third-order valence-electron chi connectivity index (χ3n) is 1.43. The molecule has 0 bridgehead atoms. The van der Waals surface area contributed by atoms with E-state index in [1.165, 1.54) is 6.08 Å². The van der Waals surface area contributed by atoms with Gasteiger partial charge in [-0.3, -0.25) is 0 Å². The van der Waals surface area contributed by atoms with Crippen molar-refractivity contribution in [2.75, 3.05) is 0 Å². The zero-order valence-corrected chi connectivity index (χ0v) is 7.39. The Kier molecular flexibility index (Phi) is 5.44. The number of halogens is 1. The van der Waals surface area contributed by atoms with Crippen LogP contribution in [0.3, 0.4) is 0 Å². The SMILES string of the molecule is CC=CC=C(CC)C(F)=CC. The van der Waals surface area contributed by atoms with Crippen molar-refractivity contribution in [3.8, 4) is 0 Å². The predicted octanol–water partition coefficient (Wildman–Crippen LogP) is 3.77.